The highest BCUT2D eigenvalue weighted by atomic mass is 32.2. The molecule has 0 saturated heterocycles. The minimum Gasteiger partial charge on any atom is -0.504 e. The Morgan fingerprint density at radius 3 is 2.50 bits per heavy atom. The largest absolute Gasteiger partial charge is 0.504 e. The molecule has 0 fully saturated rings. The number of aromatic hydroxyl groups is 1. The van der Waals surface area contributed by atoms with Gasteiger partial charge in [0.15, 0.2) is 9.96 Å². The van der Waals surface area contributed by atoms with E-state index in [9.17, 15) is 13.5 Å². The summed E-state index contributed by atoms with van der Waals surface area (Å²) in [6.45, 7) is 19.2. The van der Waals surface area contributed by atoms with E-state index in [-0.39, 0.29) is 28.5 Å². The van der Waals surface area contributed by atoms with Crippen molar-refractivity contribution in [3.05, 3.63) is 30.1 Å². The van der Waals surface area contributed by atoms with Gasteiger partial charge in [-0.25, -0.2) is 12.8 Å². The summed E-state index contributed by atoms with van der Waals surface area (Å²) in [5, 5.41) is 15.2. The molecule has 0 aliphatic heterocycles. The van der Waals surface area contributed by atoms with E-state index >= 15 is 0 Å². The molecular formula is C22H37N5O4S3. The fourth-order valence-corrected chi connectivity index (χ4v) is 5.60. The van der Waals surface area contributed by atoms with Crippen LogP contribution in [0.2, 0.25) is 0 Å². The third-order valence-corrected chi connectivity index (χ3v) is 8.62. The van der Waals surface area contributed by atoms with E-state index in [4.69, 9.17) is 4.74 Å². The van der Waals surface area contributed by atoms with Crippen LogP contribution < -0.4 is 10.0 Å². The maximum absolute atomic E-state index is 12.9. The van der Waals surface area contributed by atoms with E-state index in [0.29, 0.717) is 17.3 Å². The second kappa shape index (κ2) is 12.6. The maximum atomic E-state index is 12.9. The van der Waals surface area contributed by atoms with Crippen molar-refractivity contribution >= 4 is 51.7 Å². The molecule has 0 saturated carbocycles. The molecule has 1 aromatic rings. The first kappa shape index (κ1) is 30.0. The lowest BCUT2D eigenvalue weighted by Gasteiger charge is -2.30. The average molecular weight is 532 g/mol. The first-order chi connectivity index (χ1) is 15.6. The molecule has 1 heterocycles. The Morgan fingerprint density at radius 1 is 1.32 bits per heavy atom. The van der Waals surface area contributed by atoms with Crippen molar-refractivity contribution in [1.82, 2.24) is 9.03 Å². The molecule has 3 N–H and O–H groups in total. The second-order valence-electron chi connectivity index (χ2n) is 9.59. The van der Waals surface area contributed by atoms with Gasteiger partial charge in [-0.05, 0) is 38.7 Å². The zero-order valence-corrected chi connectivity index (χ0v) is 23.5. The zero-order valence-electron chi connectivity index (χ0n) is 21.0. The number of sulfonamides is 1. The number of amidine groups is 1. The summed E-state index contributed by atoms with van der Waals surface area (Å²) in [6, 6.07) is 0. The average Bonchev–Trinajstić information content (AvgIpc) is 3.10. The van der Waals surface area contributed by atoms with E-state index in [1.165, 1.54) is 17.6 Å². The standard InChI is InChI=1S/C22H37N5O4S3/c1-10-31-16(11-12-21(2,3)4)13-25-18(26-33-23-8)14-24-17-15-32-20(19(17)28)34(29,30)27(9)22(5,6)7/h10-11,15,24,28H,1,8,12-14H2,2-7,9H3,(H,25,26)/b16-11-. The minimum atomic E-state index is -3.85. The number of anilines is 1. The van der Waals surface area contributed by atoms with Crippen LogP contribution in [-0.4, -0.2) is 56.1 Å². The smallest absolute Gasteiger partial charge is 0.256 e. The first-order valence-corrected chi connectivity index (χ1v) is 13.6. The van der Waals surface area contributed by atoms with Crippen LogP contribution in [0.1, 0.15) is 48.0 Å². The van der Waals surface area contributed by atoms with Crippen LogP contribution in [0.3, 0.4) is 0 Å². The number of ether oxygens (including phenoxy) is 1. The number of aliphatic imine (C=N–C) groups is 1. The second-order valence-corrected chi connectivity index (χ2v) is 13.3. The Morgan fingerprint density at radius 2 is 1.97 bits per heavy atom. The fraction of sp³-hybridized carbons (Fsp3) is 0.545. The lowest BCUT2D eigenvalue weighted by molar-refractivity contribution is 0.291. The van der Waals surface area contributed by atoms with E-state index < -0.39 is 15.6 Å². The molecule has 0 aromatic carbocycles. The van der Waals surface area contributed by atoms with Gasteiger partial charge in [0.05, 0.1) is 37.2 Å². The quantitative estimate of drug-likeness (QED) is 0.150. The summed E-state index contributed by atoms with van der Waals surface area (Å²) in [6.07, 6.45) is 4.14. The Labute approximate surface area is 212 Å². The van der Waals surface area contributed by atoms with E-state index in [2.05, 4.69) is 53.5 Å². The molecule has 0 bridgehead atoms. The molecule has 0 unspecified atom stereocenters. The Kier molecular flexibility index (Phi) is 11.1. The van der Waals surface area contributed by atoms with Crippen molar-refractivity contribution in [3.63, 3.8) is 0 Å². The van der Waals surface area contributed by atoms with E-state index in [1.807, 2.05) is 6.08 Å². The summed E-state index contributed by atoms with van der Waals surface area (Å²) in [5.74, 6) is 0.835. The van der Waals surface area contributed by atoms with Crippen LogP contribution in [0.5, 0.6) is 5.75 Å². The van der Waals surface area contributed by atoms with E-state index in [1.54, 1.807) is 26.2 Å². The van der Waals surface area contributed by atoms with Crippen LogP contribution in [0.15, 0.2) is 43.7 Å². The molecule has 192 valence electrons. The van der Waals surface area contributed by atoms with E-state index in [0.717, 1.165) is 29.9 Å². The van der Waals surface area contributed by atoms with Gasteiger partial charge < -0.3 is 15.2 Å². The van der Waals surface area contributed by atoms with Gasteiger partial charge in [-0.1, -0.05) is 27.4 Å². The highest BCUT2D eigenvalue weighted by molar-refractivity contribution is 7.96. The Bertz CT molecular complexity index is 1000. The normalized spacial score (nSPS) is 13.6. The molecular weight excluding hydrogens is 494 g/mol. The van der Waals surface area contributed by atoms with Gasteiger partial charge in [0.2, 0.25) is 0 Å². The molecule has 1 rings (SSSR count). The van der Waals surface area contributed by atoms with Gasteiger partial charge in [-0.15, -0.1) is 11.3 Å². The number of nitrogens with zero attached hydrogens (tertiary/aromatic N) is 3. The van der Waals surface area contributed by atoms with Crippen molar-refractivity contribution in [2.75, 3.05) is 25.5 Å². The number of nitrogens with one attached hydrogen (secondary N) is 2. The van der Waals surface area contributed by atoms with Crippen LogP contribution in [0, 0.1) is 5.41 Å². The number of allylic oxidation sites excluding steroid dienone is 1. The number of rotatable bonds is 12. The molecule has 9 nitrogen and oxygen atoms in total. The van der Waals surface area contributed by atoms with Crippen LogP contribution in [0.25, 0.3) is 0 Å². The van der Waals surface area contributed by atoms with Crippen LogP contribution >= 0.6 is 23.5 Å². The molecule has 0 spiro atoms. The van der Waals surface area contributed by atoms with Gasteiger partial charge in [0, 0.05) is 24.7 Å². The molecule has 0 atom stereocenters. The minimum absolute atomic E-state index is 0.0975. The van der Waals surface area contributed by atoms with Gasteiger partial charge in [0.1, 0.15) is 11.6 Å². The molecule has 0 amide bonds. The molecule has 12 heteroatoms. The summed E-state index contributed by atoms with van der Waals surface area (Å²) in [5.41, 5.74) is -0.240. The Hall–Kier alpha value is -2.02. The SMILES string of the molecule is C=CO/C(=C\CC(C)(C)C)CN=C(CNc1csc(S(=O)(=O)N(C)C(C)(C)C)c1O)NSN=C. The van der Waals surface area contributed by atoms with Gasteiger partial charge in [-0.2, -0.15) is 4.31 Å². The predicted molar refractivity (Wildman–Crippen MR) is 145 cm³/mol. The molecule has 0 aliphatic rings. The van der Waals surface area contributed by atoms with Crippen LogP contribution in [0.4, 0.5) is 5.69 Å². The van der Waals surface area contributed by atoms with Gasteiger partial charge >= 0.3 is 0 Å². The highest BCUT2D eigenvalue weighted by Gasteiger charge is 2.34. The van der Waals surface area contributed by atoms with Crippen molar-refractivity contribution in [3.8, 4) is 5.75 Å². The summed E-state index contributed by atoms with van der Waals surface area (Å²) in [4.78, 5) is 4.53. The molecule has 34 heavy (non-hydrogen) atoms. The number of thiophene rings is 1. The summed E-state index contributed by atoms with van der Waals surface area (Å²) >= 11 is 1.96. The fourth-order valence-electron chi connectivity index (χ4n) is 2.37. The third kappa shape index (κ3) is 9.32. The number of hydrogen-bond donors (Lipinski definition) is 3. The lowest BCUT2D eigenvalue weighted by Crippen LogP contribution is -2.42. The van der Waals surface area contributed by atoms with Crippen molar-refractivity contribution in [1.29, 1.82) is 0 Å². The van der Waals surface area contributed by atoms with Gasteiger partial charge in [0.25, 0.3) is 10.0 Å². The van der Waals surface area contributed by atoms with Crippen molar-refractivity contribution < 1.29 is 18.3 Å². The highest BCUT2D eigenvalue weighted by Crippen LogP contribution is 2.40. The third-order valence-electron chi connectivity index (χ3n) is 4.55. The monoisotopic (exact) mass is 531 g/mol. The lowest BCUT2D eigenvalue weighted by atomic mass is 9.92. The molecule has 0 aliphatic carbocycles. The number of hydrogen-bond acceptors (Lipinski definition) is 9. The van der Waals surface area contributed by atoms with Crippen LogP contribution in [-0.2, 0) is 14.8 Å². The molecule has 0 radical (unpaired) electrons. The first-order valence-electron chi connectivity index (χ1n) is 10.5. The zero-order chi connectivity index (χ0) is 26.2. The predicted octanol–water partition coefficient (Wildman–Crippen LogP) is 5.02. The van der Waals surface area contributed by atoms with Crippen molar-refractivity contribution in [2.45, 2.75) is 57.7 Å². The molecule has 1 aromatic heterocycles. The van der Waals surface area contributed by atoms with Crippen molar-refractivity contribution in [2.24, 2.45) is 14.8 Å². The van der Waals surface area contributed by atoms with Gasteiger partial charge in [-0.3, -0.25) is 9.71 Å². The topological polar surface area (TPSA) is 116 Å². The maximum Gasteiger partial charge on any atom is 0.256 e. The summed E-state index contributed by atoms with van der Waals surface area (Å²) < 4.78 is 39.1. The summed E-state index contributed by atoms with van der Waals surface area (Å²) in [7, 11) is -2.36. The Balaban J connectivity index is 3.05.